The maximum atomic E-state index is 6.05. The maximum absolute atomic E-state index is 6.05. The number of allylic oxidation sites excluding steroid dienone is 1. The molecule has 2 unspecified atom stereocenters. The second-order valence-electron chi connectivity index (χ2n) is 5.47. The van der Waals surface area contributed by atoms with Crippen molar-refractivity contribution in [2.75, 3.05) is 0 Å². The number of nitrogens with zero attached hydrogens (tertiary/aromatic N) is 2. The van der Waals surface area contributed by atoms with Crippen molar-refractivity contribution in [2.45, 2.75) is 51.1 Å². The molecule has 1 heterocycles. The molecule has 0 radical (unpaired) electrons. The molecule has 2 aliphatic rings. The van der Waals surface area contributed by atoms with Crippen molar-refractivity contribution in [1.29, 1.82) is 0 Å². The van der Waals surface area contributed by atoms with Crippen LogP contribution < -0.4 is 5.73 Å². The van der Waals surface area contributed by atoms with Gasteiger partial charge >= 0.3 is 0 Å². The zero-order valence-electron chi connectivity index (χ0n) is 10.3. The zero-order valence-corrected chi connectivity index (χ0v) is 10.3. The molecule has 2 atom stereocenters. The van der Waals surface area contributed by atoms with Gasteiger partial charge in [0.1, 0.15) is 0 Å². The summed E-state index contributed by atoms with van der Waals surface area (Å²) in [5, 5.41) is 4.54. The van der Waals surface area contributed by atoms with E-state index in [1.807, 2.05) is 6.20 Å². The number of nitrogens with two attached hydrogens (primary N) is 1. The molecular formula is C14H21N3. The van der Waals surface area contributed by atoms with E-state index in [4.69, 9.17) is 5.73 Å². The van der Waals surface area contributed by atoms with Crippen molar-refractivity contribution >= 4 is 6.08 Å². The smallest absolute Gasteiger partial charge is 0.0638 e. The predicted molar refractivity (Wildman–Crippen MR) is 69.5 cm³/mol. The number of aryl methyl sites for hydroxylation is 1. The second kappa shape index (κ2) is 4.65. The summed E-state index contributed by atoms with van der Waals surface area (Å²) in [6.07, 6.45) is 13.8. The fourth-order valence-electron chi connectivity index (χ4n) is 3.14. The van der Waals surface area contributed by atoms with Gasteiger partial charge < -0.3 is 5.73 Å². The highest BCUT2D eigenvalue weighted by Gasteiger charge is 2.21. The van der Waals surface area contributed by atoms with E-state index in [2.05, 4.69) is 21.9 Å². The summed E-state index contributed by atoms with van der Waals surface area (Å²) in [4.78, 5) is 0. The van der Waals surface area contributed by atoms with Gasteiger partial charge in [-0.3, -0.25) is 4.68 Å². The summed E-state index contributed by atoms with van der Waals surface area (Å²) in [5.41, 5.74) is 8.79. The third kappa shape index (κ3) is 2.29. The molecule has 3 heteroatoms. The summed E-state index contributed by atoms with van der Waals surface area (Å²) >= 11 is 0. The molecule has 1 fully saturated rings. The van der Waals surface area contributed by atoms with Crippen LogP contribution >= 0.6 is 0 Å². The molecule has 3 nitrogen and oxygen atoms in total. The van der Waals surface area contributed by atoms with Crippen LogP contribution in [0.3, 0.4) is 0 Å². The number of fused-ring (bicyclic) bond motifs is 1. The van der Waals surface area contributed by atoms with Gasteiger partial charge in [0.05, 0.1) is 11.9 Å². The molecule has 1 saturated carbocycles. The Bertz CT molecular complexity index is 419. The van der Waals surface area contributed by atoms with Gasteiger partial charge in [-0.25, -0.2) is 0 Å². The molecule has 0 amide bonds. The lowest BCUT2D eigenvalue weighted by atomic mass is 9.86. The quantitative estimate of drug-likeness (QED) is 0.849. The molecular weight excluding hydrogens is 210 g/mol. The van der Waals surface area contributed by atoms with Gasteiger partial charge in [-0.1, -0.05) is 12.5 Å². The first kappa shape index (κ1) is 11.0. The molecule has 0 bridgehead atoms. The first-order chi connectivity index (χ1) is 8.33. The van der Waals surface area contributed by atoms with Crippen LogP contribution in [-0.4, -0.2) is 15.8 Å². The van der Waals surface area contributed by atoms with Gasteiger partial charge in [0.25, 0.3) is 0 Å². The van der Waals surface area contributed by atoms with Crippen molar-refractivity contribution in [2.24, 2.45) is 11.7 Å². The third-order valence-corrected chi connectivity index (χ3v) is 4.07. The Labute approximate surface area is 103 Å². The Morgan fingerprint density at radius 3 is 3.24 bits per heavy atom. The van der Waals surface area contributed by atoms with E-state index in [-0.39, 0.29) is 0 Å². The van der Waals surface area contributed by atoms with Crippen LogP contribution in [0.25, 0.3) is 6.08 Å². The lowest BCUT2D eigenvalue weighted by Crippen LogP contribution is -2.30. The van der Waals surface area contributed by atoms with Crippen LogP contribution in [0.4, 0.5) is 0 Å². The number of hydrogen-bond acceptors (Lipinski definition) is 2. The fraction of sp³-hybridized carbons (Fsp3) is 0.643. The summed E-state index contributed by atoms with van der Waals surface area (Å²) < 4.78 is 2.19. The second-order valence-corrected chi connectivity index (χ2v) is 5.47. The Morgan fingerprint density at radius 1 is 1.41 bits per heavy atom. The average Bonchev–Trinajstić information content (AvgIpc) is 2.73. The SMILES string of the molecule is NC1CCCC(Cn2ncc3c2C=CCC3)C1. The third-order valence-electron chi connectivity index (χ3n) is 4.07. The standard InChI is InChI=1S/C14H21N3/c15-13-6-3-4-11(8-13)10-17-14-7-2-1-5-12(14)9-16-17/h2,7,9,11,13H,1,3-6,8,10,15H2. The molecule has 1 aromatic rings. The molecule has 0 aromatic carbocycles. The van der Waals surface area contributed by atoms with Crippen LogP contribution in [0.1, 0.15) is 43.4 Å². The summed E-state index contributed by atoms with van der Waals surface area (Å²) in [5.74, 6) is 0.720. The normalized spacial score (nSPS) is 28.1. The first-order valence-corrected chi connectivity index (χ1v) is 6.80. The van der Waals surface area contributed by atoms with E-state index >= 15 is 0 Å². The first-order valence-electron chi connectivity index (χ1n) is 6.80. The molecule has 1 aromatic heterocycles. The summed E-state index contributed by atoms with van der Waals surface area (Å²) in [6.45, 7) is 1.05. The van der Waals surface area contributed by atoms with Gasteiger partial charge in [-0.2, -0.15) is 5.10 Å². The Hall–Kier alpha value is -1.09. The highest BCUT2D eigenvalue weighted by Crippen LogP contribution is 2.26. The highest BCUT2D eigenvalue weighted by atomic mass is 15.3. The summed E-state index contributed by atoms with van der Waals surface area (Å²) in [7, 11) is 0. The van der Waals surface area contributed by atoms with Crippen LogP contribution in [0, 0.1) is 5.92 Å². The molecule has 92 valence electrons. The monoisotopic (exact) mass is 231 g/mol. The Kier molecular flexibility index (Phi) is 3.02. The number of hydrogen-bond donors (Lipinski definition) is 1. The largest absolute Gasteiger partial charge is 0.328 e. The van der Waals surface area contributed by atoms with E-state index in [0.29, 0.717) is 6.04 Å². The molecule has 3 rings (SSSR count). The van der Waals surface area contributed by atoms with Crippen LogP contribution in [0.2, 0.25) is 0 Å². The van der Waals surface area contributed by atoms with E-state index in [0.717, 1.165) is 25.3 Å². The van der Waals surface area contributed by atoms with E-state index in [1.165, 1.54) is 36.9 Å². The maximum Gasteiger partial charge on any atom is 0.0638 e. The van der Waals surface area contributed by atoms with Gasteiger partial charge in [0.15, 0.2) is 0 Å². The van der Waals surface area contributed by atoms with E-state index in [1.54, 1.807) is 0 Å². The van der Waals surface area contributed by atoms with Crippen LogP contribution in [0.5, 0.6) is 0 Å². The molecule has 17 heavy (non-hydrogen) atoms. The zero-order chi connectivity index (χ0) is 11.7. The minimum absolute atomic E-state index is 0.413. The predicted octanol–water partition coefficient (Wildman–Crippen LogP) is 2.36. The molecule has 0 saturated heterocycles. The van der Waals surface area contributed by atoms with Gasteiger partial charge in [0.2, 0.25) is 0 Å². The minimum Gasteiger partial charge on any atom is -0.328 e. The number of aromatic nitrogens is 2. The molecule has 0 aliphatic heterocycles. The van der Waals surface area contributed by atoms with Crippen molar-refractivity contribution in [3.63, 3.8) is 0 Å². The van der Waals surface area contributed by atoms with Crippen molar-refractivity contribution in [3.05, 3.63) is 23.5 Å². The average molecular weight is 231 g/mol. The van der Waals surface area contributed by atoms with Crippen LogP contribution in [-0.2, 0) is 13.0 Å². The lowest BCUT2D eigenvalue weighted by Gasteiger charge is -2.27. The van der Waals surface area contributed by atoms with Gasteiger partial charge in [0, 0.05) is 12.6 Å². The molecule has 2 aliphatic carbocycles. The highest BCUT2D eigenvalue weighted by molar-refractivity contribution is 5.51. The molecule has 0 spiro atoms. The Morgan fingerprint density at radius 2 is 2.35 bits per heavy atom. The fourth-order valence-corrected chi connectivity index (χ4v) is 3.14. The van der Waals surface area contributed by atoms with Crippen molar-refractivity contribution < 1.29 is 0 Å². The summed E-state index contributed by atoms with van der Waals surface area (Å²) in [6, 6.07) is 0.413. The van der Waals surface area contributed by atoms with Crippen molar-refractivity contribution in [1.82, 2.24) is 9.78 Å². The van der Waals surface area contributed by atoms with Gasteiger partial charge in [-0.05, 0) is 49.7 Å². The topological polar surface area (TPSA) is 43.8 Å². The van der Waals surface area contributed by atoms with Crippen molar-refractivity contribution in [3.8, 4) is 0 Å². The number of rotatable bonds is 2. The van der Waals surface area contributed by atoms with Gasteiger partial charge in [-0.15, -0.1) is 0 Å². The van der Waals surface area contributed by atoms with Crippen LogP contribution in [0.15, 0.2) is 12.3 Å². The lowest BCUT2D eigenvalue weighted by molar-refractivity contribution is 0.281. The Balaban J connectivity index is 1.73. The molecule has 2 N–H and O–H groups in total. The van der Waals surface area contributed by atoms with E-state index < -0.39 is 0 Å². The van der Waals surface area contributed by atoms with E-state index in [9.17, 15) is 0 Å². The minimum atomic E-state index is 0.413.